The van der Waals surface area contributed by atoms with E-state index in [1.165, 1.54) is 12.1 Å². The number of nitrogens with zero attached hydrogens (tertiary/aromatic N) is 3. The number of non-ortho nitro benzene ring substituents is 1. The number of aryl methyl sites for hydroxylation is 1. The molecular weight excluding hydrogens is 398 g/mol. The van der Waals surface area contributed by atoms with E-state index in [4.69, 9.17) is 21.6 Å². The van der Waals surface area contributed by atoms with Gasteiger partial charge in [0.1, 0.15) is 0 Å². The maximum absolute atomic E-state index is 12.6. The highest BCUT2D eigenvalue weighted by molar-refractivity contribution is 6.33. The highest BCUT2D eigenvalue weighted by Gasteiger charge is 2.20. The number of hydrogen-bond donors (Lipinski definition) is 0. The fourth-order valence-corrected chi connectivity index (χ4v) is 3.09. The summed E-state index contributed by atoms with van der Waals surface area (Å²) in [6, 6.07) is 12.7. The largest absolute Gasteiger partial charge is 0.454 e. The molecule has 0 fully saturated rings. The zero-order valence-corrected chi connectivity index (χ0v) is 15.8. The van der Waals surface area contributed by atoms with Crippen molar-refractivity contribution in [2.75, 3.05) is 6.61 Å². The molecule has 0 aliphatic rings. The van der Waals surface area contributed by atoms with E-state index in [9.17, 15) is 19.7 Å². The lowest BCUT2D eigenvalue weighted by Crippen LogP contribution is -2.14. The van der Waals surface area contributed by atoms with Crippen molar-refractivity contribution < 1.29 is 19.2 Å². The Morgan fingerprint density at radius 1 is 1.21 bits per heavy atom. The van der Waals surface area contributed by atoms with Crippen LogP contribution in [-0.4, -0.2) is 27.8 Å². The number of hydrogen-bond acceptors (Lipinski definition) is 6. The first-order valence-electron chi connectivity index (χ1n) is 8.51. The van der Waals surface area contributed by atoms with Crippen LogP contribution in [0, 0.1) is 21.4 Å². The zero-order chi connectivity index (χ0) is 21.0. The molecule has 29 heavy (non-hydrogen) atoms. The fourth-order valence-electron chi connectivity index (χ4n) is 2.89. The first kappa shape index (κ1) is 20.0. The van der Waals surface area contributed by atoms with Gasteiger partial charge in [-0.2, -0.15) is 5.26 Å². The van der Waals surface area contributed by atoms with Gasteiger partial charge >= 0.3 is 5.97 Å². The lowest BCUT2D eigenvalue weighted by molar-refractivity contribution is -0.384. The summed E-state index contributed by atoms with van der Waals surface area (Å²) in [6.07, 6.45) is 1.91. The lowest BCUT2D eigenvalue weighted by Gasteiger charge is -2.05. The Balaban J connectivity index is 1.80. The predicted molar refractivity (Wildman–Crippen MR) is 105 cm³/mol. The number of nitro benzene ring substituents is 1. The molecule has 3 rings (SSSR count). The van der Waals surface area contributed by atoms with Gasteiger partial charge in [-0.3, -0.25) is 14.9 Å². The van der Waals surface area contributed by atoms with E-state index in [0.717, 1.165) is 11.6 Å². The number of rotatable bonds is 7. The van der Waals surface area contributed by atoms with Gasteiger partial charge in [0.05, 0.1) is 28.0 Å². The average molecular weight is 412 g/mol. The number of halogens is 1. The summed E-state index contributed by atoms with van der Waals surface area (Å²) in [4.78, 5) is 35.1. The second-order valence-electron chi connectivity index (χ2n) is 6.08. The number of ketones is 1. The highest BCUT2D eigenvalue weighted by atomic mass is 35.5. The number of benzene rings is 2. The van der Waals surface area contributed by atoms with Crippen molar-refractivity contribution in [3.63, 3.8) is 0 Å². The van der Waals surface area contributed by atoms with Crippen molar-refractivity contribution in [3.8, 4) is 6.07 Å². The molecule has 0 saturated heterocycles. The second-order valence-corrected chi connectivity index (χ2v) is 6.49. The van der Waals surface area contributed by atoms with Crippen LogP contribution in [-0.2, 0) is 11.3 Å². The molecule has 0 N–H and O–H groups in total. The molecule has 0 radical (unpaired) electrons. The summed E-state index contributed by atoms with van der Waals surface area (Å²) in [5.41, 5.74) is 0.647. The predicted octanol–water partition coefficient (Wildman–Crippen LogP) is 4.16. The average Bonchev–Trinajstić information content (AvgIpc) is 3.09. The Labute approximate surface area is 170 Å². The number of nitriles is 1. The number of ether oxygens (including phenoxy) is 1. The van der Waals surface area contributed by atoms with Crippen LogP contribution in [0.3, 0.4) is 0 Å². The third kappa shape index (κ3) is 4.25. The molecule has 0 unspecified atom stereocenters. The van der Waals surface area contributed by atoms with Crippen molar-refractivity contribution in [1.29, 1.82) is 5.26 Å². The summed E-state index contributed by atoms with van der Waals surface area (Å²) < 4.78 is 6.84. The molecule has 0 spiro atoms. The second kappa shape index (κ2) is 8.54. The number of carbonyl (C=O) groups is 2. The number of Topliss-reactive ketones (excluding diaryl/α,β-unsaturated/α-hetero) is 1. The number of esters is 1. The Morgan fingerprint density at radius 2 is 1.97 bits per heavy atom. The summed E-state index contributed by atoms with van der Waals surface area (Å²) in [6.45, 7) is -0.127. The highest BCUT2D eigenvalue weighted by Crippen LogP contribution is 2.24. The van der Waals surface area contributed by atoms with Crippen LogP contribution in [0.1, 0.15) is 27.1 Å². The molecule has 0 amide bonds. The zero-order valence-electron chi connectivity index (χ0n) is 15.0. The van der Waals surface area contributed by atoms with Crippen molar-refractivity contribution in [1.82, 2.24) is 4.57 Å². The van der Waals surface area contributed by atoms with Crippen LogP contribution in [0.4, 0.5) is 5.69 Å². The number of carbonyl (C=O) groups excluding carboxylic acids is 2. The van der Waals surface area contributed by atoms with Gasteiger partial charge in [-0.15, -0.1) is 0 Å². The van der Waals surface area contributed by atoms with E-state index >= 15 is 0 Å². The number of para-hydroxylation sites is 1. The van der Waals surface area contributed by atoms with E-state index in [0.29, 0.717) is 17.5 Å². The Bertz CT molecular complexity index is 1160. The minimum Gasteiger partial charge on any atom is -0.454 e. The maximum Gasteiger partial charge on any atom is 0.340 e. The summed E-state index contributed by atoms with van der Waals surface area (Å²) in [5, 5.41) is 20.3. The molecule has 8 nitrogen and oxygen atoms in total. The minimum atomic E-state index is -0.930. The van der Waals surface area contributed by atoms with E-state index < -0.39 is 23.3 Å². The third-order valence-electron chi connectivity index (χ3n) is 4.27. The van der Waals surface area contributed by atoms with Crippen LogP contribution in [0.2, 0.25) is 5.02 Å². The number of aromatic nitrogens is 1. The van der Waals surface area contributed by atoms with E-state index in [-0.39, 0.29) is 22.7 Å². The molecule has 1 aromatic heterocycles. The number of nitro groups is 1. The van der Waals surface area contributed by atoms with Gasteiger partial charge in [-0.25, -0.2) is 4.79 Å². The normalized spacial score (nSPS) is 10.5. The van der Waals surface area contributed by atoms with Crippen LogP contribution in [0.5, 0.6) is 0 Å². The summed E-state index contributed by atoms with van der Waals surface area (Å²) >= 11 is 5.92. The van der Waals surface area contributed by atoms with Gasteiger partial charge in [0.15, 0.2) is 6.61 Å². The van der Waals surface area contributed by atoms with Gasteiger partial charge in [-0.05, 0) is 12.1 Å². The molecule has 2 aromatic carbocycles. The Hall–Kier alpha value is -3.70. The van der Waals surface area contributed by atoms with Gasteiger partial charge < -0.3 is 9.30 Å². The van der Waals surface area contributed by atoms with Gasteiger partial charge in [-0.1, -0.05) is 29.8 Å². The van der Waals surface area contributed by atoms with Crippen molar-refractivity contribution in [3.05, 3.63) is 74.9 Å². The van der Waals surface area contributed by atoms with E-state index in [2.05, 4.69) is 6.07 Å². The van der Waals surface area contributed by atoms with E-state index in [1.54, 1.807) is 22.9 Å². The van der Waals surface area contributed by atoms with Crippen LogP contribution < -0.4 is 0 Å². The SMILES string of the molecule is N#CCCn1cc(C(=O)COC(=O)c2cc([N+](=O)[O-])ccc2Cl)c2ccccc21. The monoisotopic (exact) mass is 411 g/mol. The standard InChI is InChI=1S/C20H14ClN3O5/c21-17-7-6-13(24(27)28)10-15(17)20(26)29-12-19(25)16-11-23(9-3-8-22)18-5-2-1-4-14(16)18/h1-2,4-7,10-11H,3,9,12H2. The van der Waals surface area contributed by atoms with Gasteiger partial charge in [0.2, 0.25) is 5.78 Å². The van der Waals surface area contributed by atoms with Crippen LogP contribution in [0.15, 0.2) is 48.7 Å². The smallest absolute Gasteiger partial charge is 0.340 e. The molecule has 0 aliphatic heterocycles. The molecule has 0 bridgehead atoms. The summed E-state index contributed by atoms with van der Waals surface area (Å²) in [5.74, 6) is -1.37. The topological polar surface area (TPSA) is 115 Å². The summed E-state index contributed by atoms with van der Waals surface area (Å²) in [7, 11) is 0. The molecule has 9 heteroatoms. The number of fused-ring (bicyclic) bond motifs is 1. The molecule has 0 atom stereocenters. The molecule has 0 saturated carbocycles. The fraction of sp³-hybridized carbons (Fsp3) is 0.150. The molecule has 146 valence electrons. The molecule has 1 heterocycles. The van der Waals surface area contributed by atoms with Crippen LogP contribution >= 0.6 is 11.6 Å². The van der Waals surface area contributed by atoms with Gasteiger partial charge in [0.25, 0.3) is 5.69 Å². The first-order valence-corrected chi connectivity index (χ1v) is 8.89. The van der Waals surface area contributed by atoms with Crippen molar-refractivity contribution in [2.24, 2.45) is 0 Å². The molecule has 3 aromatic rings. The third-order valence-corrected chi connectivity index (χ3v) is 4.60. The lowest BCUT2D eigenvalue weighted by atomic mass is 10.1. The Morgan fingerprint density at radius 3 is 2.69 bits per heavy atom. The Kier molecular flexibility index (Phi) is 5.90. The molecule has 0 aliphatic carbocycles. The van der Waals surface area contributed by atoms with Gasteiger partial charge in [0, 0.05) is 41.3 Å². The maximum atomic E-state index is 12.6. The van der Waals surface area contributed by atoms with E-state index in [1.807, 2.05) is 12.1 Å². The molecular formula is C20H14ClN3O5. The quantitative estimate of drug-likeness (QED) is 0.249. The first-order chi connectivity index (χ1) is 13.9. The van der Waals surface area contributed by atoms with Crippen molar-refractivity contribution in [2.45, 2.75) is 13.0 Å². The van der Waals surface area contributed by atoms with Crippen molar-refractivity contribution >= 4 is 39.9 Å². The minimum absolute atomic E-state index is 0.0128. The van der Waals surface area contributed by atoms with Crippen LogP contribution in [0.25, 0.3) is 10.9 Å².